The van der Waals surface area contributed by atoms with Crippen LogP contribution in [0, 0.1) is 5.82 Å². The number of hydrogen-bond acceptors (Lipinski definition) is 6. The third-order valence-corrected chi connectivity index (χ3v) is 7.31. The van der Waals surface area contributed by atoms with Gasteiger partial charge in [-0.1, -0.05) is 30.3 Å². The molecule has 0 fully saturated rings. The Morgan fingerprint density at radius 3 is 2.21 bits per heavy atom. The minimum absolute atomic E-state index is 0.00536. The van der Waals surface area contributed by atoms with Gasteiger partial charge in [-0.3, -0.25) is 14.4 Å². The number of halogens is 1. The molecule has 0 radical (unpaired) electrons. The van der Waals surface area contributed by atoms with Crippen LogP contribution in [0.15, 0.2) is 108 Å². The number of carbonyl (C=O) groups excluding carboxylic acids is 3. The van der Waals surface area contributed by atoms with Crippen LogP contribution >= 0.6 is 11.8 Å². The van der Waals surface area contributed by atoms with Gasteiger partial charge >= 0.3 is 0 Å². The second kappa shape index (κ2) is 14.7. The molecule has 4 aromatic carbocycles. The zero-order chi connectivity index (χ0) is 30.8. The van der Waals surface area contributed by atoms with Crippen molar-refractivity contribution in [3.05, 3.63) is 120 Å². The van der Waals surface area contributed by atoms with Gasteiger partial charge in [-0.25, -0.2) is 4.39 Å². The van der Waals surface area contributed by atoms with Crippen LogP contribution in [0.3, 0.4) is 0 Å². The maximum Gasteiger partial charge on any atom is 0.272 e. The zero-order valence-corrected chi connectivity index (χ0v) is 24.5. The van der Waals surface area contributed by atoms with Crippen molar-refractivity contribution in [1.29, 1.82) is 0 Å². The normalized spacial score (nSPS) is 11.7. The van der Waals surface area contributed by atoms with Gasteiger partial charge in [0, 0.05) is 27.8 Å². The van der Waals surface area contributed by atoms with Crippen molar-refractivity contribution >= 4 is 46.9 Å². The summed E-state index contributed by atoms with van der Waals surface area (Å²) < 4.78 is 24.6. The Morgan fingerprint density at radius 1 is 0.837 bits per heavy atom. The second-order valence-corrected chi connectivity index (χ2v) is 10.6. The van der Waals surface area contributed by atoms with E-state index < -0.39 is 22.9 Å². The Balaban J connectivity index is 1.49. The Bertz CT molecular complexity index is 1630. The molecule has 0 bridgehead atoms. The summed E-state index contributed by atoms with van der Waals surface area (Å²) in [6.45, 7) is 1.72. The number of benzene rings is 4. The molecule has 10 heteroatoms. The lowest BCUT2D eigenvalue weighted by Gasteiger charge is -2.14. The summed E-state index contributed by atoms with van der Waals surface area (Å²) in [4.78, 5) is 39.7. The van der Waals surface area contributed by atoms with Crippen LogP contribution in [0.1, 0.15) is 22.8 Å². The van der Waals surface area contributed by atoms with E-state index in [0.29, 0.717) is 28.3 Å². The second-order valence-electron chi connectivity index (χ2n) is 9.19. The van der Waals surface area contributed by atoms with E-state index >= 15 is 0 Å². The summed E-state index contributed by atoms with van der Waals surface area (Å²) in [7, 11) is 3.03. The number of ether oxygens (including phenoxy) is 2. The molecule has 0 saturated carbocycles. The first kappa shape index (κ1) is 30.9. The molecule has 43 heavy (non-hydrogen) atoms. The van der Waals surface area contributed by atoms with Crippen LogP contribution in [0.25, 0.3) is 6.08 Å². The van der Waals surface area contributed by atoms with Crippen molar-refractivity contribution in [3.63, 3.8) is 0 Å². The Morgan fingerprint density at radius 2 is 1.53 bits per heavy atom. The summed E-state index contributed by atoms with van der Waals surface area (Å²) in [6, 6.07) is 26.5. The van der Waals surface area contributed by atoms with Gasteiger partial charge in [-0.05, 0) is 73.7 Å². The smallest absolute Gasteiger partial charge is 0.272 e. The molecule has 220 valence electrons. The number of methoxy groups -OCH3 is 2. The highest BCUT2D eigenvalue weighted by Crippen LogP contribution is 2.28. The quantitative estimate of drug-likeness (QED) is 0.137. The van der Waals surface area contributed by atoms with Crippen LogP contribution in [0.2, 0.25) is 0 Å². The summed E-state index contributed by atoms with van der Waals surface area (Å²) in [5, 5.41) is 7.59. The molecule has 0 heterocycles. The number of nitrogens with one attached hydrogen (secondary N) is 3. The van der Waals surface area contributed by atoms with Gasteiger partial charge in [0.15, 0.2) is 0 Å². The zero-order valence-electron chi connectivity index (χ0n) is 23.7. The lowest BCUT2D eigenvalue weighted by atomic mass is 10.1. The number of anilines is 2. The first-order chi connectivity index (χ1) is 20.8. The predicted octanol–water partition coefficient (Wildman–Crippen LogP) is 6.37. The Labute approximate surface area is 253 Å². The largest absolute Gasteiger partial charge is 0.497 e. The van der Waals surface area contributed by atoms with Crippen LogP contribution in [0.4, 0.5) is 15.8 Å². The van der Waals surface area contributed by atoms with Gasteiger partial charge in [0.25, 0.3) is 11.8 Å². The molecular weight excluding hydrogens is 569 g/mol. The molecule has 3 amide bonds. The van der Waals surface area contributed by atoms with E-state index in [1.54, 1.807) is 91.9 Å². The number of rotatable bonds is 11. The Kier molecular flexibility index (Phi) is 10.5. The fourth-order valence-corrected chi connectivity index (χ4v) is 4.77. The SMILES string of the molecule is COc1ccc(/C=C(\NC(=O)c2ccccc2)C(=O)Nc2ccc(SC(C)C(=O)Nc3ccccc3F)cc2)c(OC)c1. The molecule has 0 aliphatic carbocycles. The molecule has 0 aliphatic heterocycles. The van der Waals surface area contributed by atoms with E-state index in [4.69, 9.17) is 9.47 Å². The van der Waals surface area contributed by atoms with Crippen molar-refractivity contribution in [1.82, 2.24) is 5.32 Å². The molecule has 0 saturated heterocycles. The minimum atomic E-state index is -0.555. The van der Waals surface area contributed by atoms with E-state index in [9.17, 15) is 18.8 Å². The van der Waals surface area contributed by atoms with Crippen LogP contribution < -0.4 is 25.4 Å². The van der Waals surface area contributed by atoms with Crippen LogP contribution in [0.5, 0.6) is 11.5 Å². The highest BCUT2D eigenvalue weighted by Gasteiger charge is 2.18. The first-order valence-corrected chi connectivity index (χ1v) is 14.1. The number of amides is 3. The van der Waals surface area contributed by atoms with Gasteiger partial charge < -0.3 is 25.4 Å². The van der Waals surface area contributed by atoms with Crippen molar-refractivity contribution in [3.8, 4) is 11.5 Å². The van der Waals surface area contributed by atoms with Gasteiger partial charge in [0.1, 0.15) is 23.0 Å². The summed E-state index contributed by atoms with van der Waals surface area (Å²) in [5.41, 5.74) is 1.52. The first-order valence-electron chi connectivity index (χ1n) is 13.2. The van der Waals surface area contributed by atoms with E-state index in [-0.39, 0.29) is 17.3 Å². The van der Waals surface area contributed by atoms with Gasteiger partial charge in [-0.2, -0.15) is 0 Å². The minimum Gasteiger partial charge on any atom is -0.497 e. The molecule has 1 atom stereocenters. The van der Waals surface area contributed by atoms with Crippen molar-refractivity contribution in [2.24, 2.45) is 0 Å². The van der Waals surface area contributed by atoms with Crippen molar-refractivity contribution in [2.75, 3.05) is 24.9 Å². The molecule has 3 N–H and O–H groups in total. The summed E-state index contributed by atoms with van der Waals surface area (Å²) >= 11 is 1.29. The summed E-state index contributed by atoms with van der Waals surface area (Å²) in [5.74, 6) is -0.833. The van der Waals surface area contributed by atoms with Crippen molar-refractivity contribution in [2.45, 2.75) is 17.1 Å². The molecule has 0 aromatic heterocycles. The molecule has 0 spiro atoms. The number of hydrogen-bond donors (Lipinski definition) is 3. The van der Waals surface area contributed by atoms with Gasteiger partial charge in [0.05, 0.1) is 25.2 Å². The van der Waals surface area contributed by atoms with E-state index in [2.05, 4.69) is 16.0 Å². The lowest BCUT2D eigenvalue weighted by molar-refractivity contribution is -0.115. The monoisotopic (exact) mass is 599 g/mol. The average Bonchev–Trinajstić information content (AvgIpc) is 3.03. The summed E-state index contributed by atoms with van der Waals surface area (Å²) in [6.07, 6.45) is 1.52. The molecule has 8 nitrogen and oxygen atoms in total. The highest BCUT2D eigenvalue weighted by molar-refractivity contribution is 8.00. The fraction of sp³-hybridized carbons (Fsp3) is 0.121. The highest BCUT2D eigenvalue weighted by atomic mass is 32.2. The third-order valence-electron chi connectivity index (χ3n) is 6.20. The van der Waals surface area contributed by atoms with Gasteiger partial charge in [-0.15, -0.1) is 11.8 Å². The lowest BCUT2D eigenvalue weighted by Crippen LogP contribution is -2.30. The average molecular weight is 600 g/mol. The van der Waals surface area contributed by atoms with Crippen LogP contribution in [-0.2, 0) is 9.59 Å². The van der Waals surface area contributed by atoms with Crippen LogP contribution in [-0.4, -0.2) is 37.2 Å². The third kappa shape index (κ3) is 8.46. The number of carbonyl (C=O) groups is 3. The molecule has 1 unspecified atom stereocenters. The predicted molar refractivity (Wildman–Crippen MR) is 167 cm³/mol. The van der Waals surface area contributed by atoms with Gasteiger partial charge in [0.2, 0.25) is 5.91 Å². The molecule has 4 rings (SSSR count). The molecule has 0 aliphatic rings. The molecular formula is C33H30FN3O5S. The van der Waals surface area contributed by atoms with E-state index in [1.165, 1.54) is 44.2 Å². The number of thioether (sulfide) groups is 1. The topological polar surface area (TPSA) is 106 Å². The number of para-hydroxylation sites is 1. The van der Waals surface area contributed by atoms with E-state index in [1.807, 2.05) is 0 Å². The fourth-order valence-electron chi connectivity index (χ4n) is 3.91. The van der Waals surface area contributed by atoms with E-state index in [0.717, 1.165) is 4.90 Å². The molecule has 4 aromatic rings. The van der Waals surface area contributed by atoms with Crippen molar-refractivity contribution < 1.29 is 28.2 Å². The maximum atomic E-state index is 13.9. The standard InChI is InChI=1S/C33H30FN3O5S/c1-21(31(38)36-28-12-8-7-11-27(28)34)43-26-17-14-24(15-18-26)35-33(40)29(37-32(39)22-9-5-4-6-10-22)19-23-13-16-25(41-2)20-30(23)42-3/h4-21H,1-3H3,(H,35,40)(H,36,38)(H,37,39)/b29-19-. The Hall–Kier alpha value is -5.09. The maximum absolute atomic E-state index is 13.9.